The van der Waals surface area contributed by atoms with E-state index in [1.165, 1.54) is 11.9 Å². The minimum absolute atomic E-state index is 0.116. The molecule has 0 aliphatic heterocycles. The Kier molecular flexibility index (Phi) is 6.21. The van der Waals surface area contributed by atoms with Gasteiger partial charge >= 0.3 is 0 Å². The van der Waals surface area contributed by atoms with Gasteiger partial charge in [0.15, 0.2) is 0 Å². The summed E-state index contributed by atoms with van der Waals surface area (Å²) in [6, 6.07) is 14.3. The minimum atomic E-state index is -0.581. The Morgan fingerprint density at radius 1 is 1.15 bits per heavy atom. The van der Waals surface area contributed by atoms with E-state index in [-0.39, 0.29) is 12.6 Å². The molecular formula is C21H26N4O2. The lowest BCUT2D eigenvalue weighted by Gasteiger charge is -2.19. The molecule has 3 rings (SSSR count). The van der Waals surface area contributed by atoms with Crippen molar-refractivity contribution in [1.29, 1.82) is 0 Å². The first-order valence-corrected chi connectivity index (χ1v) is 9.09. The van der Waals surface area contributed by atoms with E-state index >= 15 is 0 Å². The lowest BCUT2D eigenvalue weighted by molar-refractivity contribution is 0.104. The van der Waals surface area contributed by atoms with Crippen LogP contribution in [0.5, 0.6) is 5.75 Å². The lowest BCUT2D eigenvalue weighted by Crippen LogP contribution is -2.33. The average Bonchev–Trinajstić information content (AvgIpc) is 3.20. The molecule has 2 aromatic carbocycles. The Balaban J connectivity index is 1.47. The van der Waals surface area contributed by atoms with Gasteiger partial charge in [-0.25, -0.2) is 9.67 Å². The van der Waals surface area contributed by atoms with Crippen LogP contribution in [0.25, 0.3) is 5.69 Å². The number of nitrogens with one attached hydrogen (secondary N) is 1. The molecule has 1 aromatic heterocycles. The monoisotopic (exact) mass is 366 g/mol. The second-order valence-electron chi connectivity index (χ2n) is 6.80. The molecule has 3 aromatic rings. The number of aliphatic hydroxyl groups excluding tert-OH is 1. The number of benzene rings is 2. The van der Waals surface area contributed by atoms with Gasteiger partial charge in [0.05, 0.1) is 5.69 Å². The summed E-state index contributed by atoms with van der Waals surface area (Å²) >= 11 is 0. The second-order valence-corrected chi connectivity index (χ2v) is 6.80. The van der Waals surface area contributed by atoms with Crippen LogP contribution in [-0.2, 0) is 0 Å². The molecule has 0 spiro atoms. The largest absolute Gasteiger partial charge is 0.491 e. The number of aliphatic hydroxyl groups is 1. The maximum absolute atomic E-state index is 10.2. The summed E-state index contributed by atoms with van der Waals surface area (Å²) in [5, 5.41) is 17.7. The quantitative estimate of drug-likeness (QED) is 0.641. The van der Waals surface area contributed by atoms with Crippen LogP contribution in [0.2, 0.25) is 0 Å². The van der Waals surface area contributed by atoms with Gasteiger partial charge < -0.3 is 15.2 Å². The van der Waals surface area contributed by atoms with Crippen LogP contribution in [0.1, 0.15) is 29.7 Å². The van der Waals surface area contributed by atoms with Gasteiger partial charge in [-0.2, -0.15) is 5.10 Å². The molecule has 0 bridgehead atoms. The number of aryl methyl sites for hydroxylation is 2. The van der Waals surface area contributed by atoms with Crippen molar-refractivity contribution >= 4 is 0 Å². The molecule has 0 amide bonds. The van der Waals surface area contributed by atoms with Gasteiger partial charge in [0, 0.05) is 12.6 Å². The second kappa shape index (κ2) is 8.79. The molecule has 0 radical (unpaired) electrons. The number of ether oxygens (including phenoxy) is 1. The van der Waals surface area contributed by atoms with Crippen molar-refractivity contribution in [3.05, 3.63) is 71.8 Å². The molecule has 1 heterocycles. The molecule has 2 atom stereocenters. The maximum atomic E-state index is 10.2. The van der Waals surface area contributed by atoms with E-state index in [0.717, 1.165) is 22.6 Å². The van der Waals surface area contributed by atoms with Crippen molar-refractivity contribution in [2.24, 2.45) is 0 Å². The van der Waals surface area contributed by atoms with Crippen molar-refractivity contribution in [1.82, 2.24) is 20.1 Å². The summed E-state index contributed by atoms with van der Waals surface area (Å²) < 4.78 is 7.46. The van der Waals surface area contributed by atoms with E-state index in [2.05, 4.69) is 35.3 Å². The number of hydrogen-bond acceptors (Lipinski definition) is 5. The molecule has 0 unspecified atom stereocenters. The number of hydrogen-bond donors (Lipinski definition) is 2. The predicted octanol–water partition coefficient (Wildman–Crippen LogP) is 2.97. The van der Waals surface area contributed by atoms with Crippen LogP contribution in [0.3, 0.4) is 0 Å². The highest BCUT2D eigenvalue weighted by molar-refractivity contribution is 5.36. The molecule has 0 aliphatic rings. The Bertz CT molecular complexity index is 847. The van der Waals surface area contributed by atoms with Gasteiger partial charge in [-0.1, -0.05) is 29.8 Å². The van der Waals surface area contributed by atoms with E-state index in [1.807, 2.05) is 43.3 Å². The fourth-order valence-electron chi connectivity index (χ4n) is 2.89. The maximum Gasteiger partial charge on any atom is 0.138 e. The van der Waals surface area contributed by atoms with E-state index < -0.39 is 6.10 Å². The van der Waals surface area contributed by atoms with E-state index in [1.54, 1.807) is 11.0 Å². The third-order valence-electron chi connectivity index (χ3n) is 4.50. The molecule has 6 heteroatoms. The highest BCUT2D eigenvalue weighted by atomic mass is 16.5. The number of rotatable bonds is 8. The first kappa shape index (κ1) is 19.1. The Morgan fingerprint density at radius 2 is 1.93 bits per heavy atom. The minimum Gasteiger partial charge on any atom is -0.491 e. The standard InChI is InChI=1S/C21H26N4O2/c1-15-4-9-21(16(2)10-15)27-12-20(26)11-23-17(3)18-5-7-19(8-6-18)25-14-22-13-24-25/h4-10,13-14,17,20,23,26H,11-12H2,1-3H3/t17-,20-/m1/s1. The van der Waals surface area contributed by atoms with Crippen LogP contribution in [0.15, 0.2) is 55.1 Å². The first-order chi connectivity index (χ1) is 13.0. The third-order valence-corrected chi connectivity index (χ3v) is 4.50. The molecule has 0 fully saturated rings. The van der Waals surface area contributed by atoms with Gasteiger partial charge in [-0.05, 0) is 50.1 Å². The first-order valence-electron chi connectivity index (χ1n) is 9.09. The smallest absolute Gasteiger partial charge is 0.138 e. The van der Waals surface area contributed by atoms with Crippen LogP contribution in [-0.4, -0.2) is 39.1 Å². The van der Waals surface area contributed by atoms with Crippen molar-refractivity contribution in [3.63, 3.8) is 0 Å². The van der Waals surface area contributed by atoms with Crippen LogP contribution < -0.4 is 10.1 Å². The highest BCUT2D eigenvalue weighted by Crippen LogP contribution is 2.19. The summed E-state index contributed by atoms with van der Waals surface area (Å²) in [6.45, 7) is 6.85. The van der Waals surface area contributed by atoms with E-state index in [0.29, 0.717) is 6.54 Å². The molecule has 6 nitrogen and oxygen atoms in total. The summed E-state index contributed by atoms with van der Waals surface area (Å²) in [5.74, 6) is 0.816. The van der Waals surface area contributed by atoms with Gasteiger partial charge in [0.2, 0.25) is 0 Å². The summed E-state index contributed by atoms with van der Waals surface area (Å²) in [5.41, 5.74) is 4.38. The van der Waals surface area contributed by atoms with E-state index in [4.69, 9.17) is 4.74 Å². The zero-order valence-corrected chi connectivity index (χ0v) is 16.0. The van der Waals surface area contributed by atoms with Gasteiger partial charge in [0.1, 0.15) is 31.1 Å². The predicted molar refractivity (Wildman–Crippen MR) is 105 cm³/mol. The van der Waals surface area contributed by atoms with Crippen LogP contribution in [0, 0.1) is 13.8 Å². The van der Waals surface area contributed by atoms with Crippen molar-refractivity contribution in [2.45, 2.75) is 32.9 Å². The Labute approximate surface area is 159 Å². The molecule has 0 aliphatic carbocycles. The average molecular weight is 366 g/mol. The number of aromatic nitrogens is 3. The van der Waals surface area contributed by atoms with Crippen LogP contribution in [0.4, 0.5) is 0 Å². The van der Waals surface area contributed by atoms with E-state index in [9.17, 15) is 5.11 Å². The summed E-state index contributed by atoms with van der Waals surface area (Å²) in [7, 11) is 0. The topological polar surface area (TPSA) is 72.2 Å². The van der Waals surface area contributed by atoms with Gasteiger partial charge in [-0.15, -0.1) is 0 Å². The van der Waals surface area contributed by atoms with Crippen molar-refractivity contribution < 1.29 is 9.84 Å². The zero-order chi connectivity index (χ0) is 19.2. The highest BCUT2D eigenvalue weighted by Gasteiger charge is 2.11. The zero-order valence-electron chi connectivity index (χ0n) is 16.0. The molecular weight excluding hydrogens is 340 g/mol. The Morgan fingerprint density at radius 3 is 2.59 bits per heavy atom. The Hall–Kier alpha value is -2.70. The normalized spacial score (nSPS) is 13.3. The summed E-state index contributed by atoms with van der Waals surface area (Å²) in [4.78, 5) is 3.95. The van der Waals surface area contributed by atoms with Gasteiger partial charge in [0.25, 0.3) is 0 Å². The summed E-state index contributed by atoms with van der Waals surface area (Å²) in [6.07, 6.45) is 2.60. The molecule has 2 N–H and O–H groups in total. The lowest BCUT2D eigenvalue weighted by atomic mass is 10.1. The fraction of sp³-hybridized carbons (Fsp3) is 0.333. The SMILES string of the molecule is Cc1ccc(OC[C@H](O)CN[C@H](C)c2ccc(-n3cncn3)cc2)c(C)c1. The van der Waals surface area contributed by atoms with Gasteiger partial charge in [-0.3, -0.25) is 0 Å². The molecule has 0 saturated carbocycles. The molecule has 142 valence electrons. The molecule has 27 heavy (non-hydrogen) atoms. The van der Waals surface area contributed by atoms with Crippen molar-refractivity contribution in [2.75, 3.05) is 13.2 Å². The fourth-order valence-corrected chi connectivity index (χ4v) is 2.89. The van der Waals surface area contributed by atoms with Crippen LogP contribution >= 0.6 is 0 Å². The third kappa shape index (κ3) is 5.15. The van der Waals surface area contributed by atoms with Crippen molar-refractivity contribution in [3.8, 4) is 11.4 Å². The number of nitrogens with zero attached hydrogens (tertiary/aromatic N) is 3. The molecule has 0 saturated heterocycles.